The summed E-state index contributed by atoms with van der Waals surface area (Å²) in [7, 11) is 0. The van der Waals surface area contributed by atoms with Crippen molar-refractivity contribution in [2.75, 3.05) is 18.8 Å². The Kier molecular flexibility index (Phi) is 4.45. The van der Waals surface area contributed by atoms with Gasteiger partial charge in [-0.2, -0.15) is 0 Å². The van der Waals surface area contributed by atoms with Crippen LogP contribution in [-0.4, -0.2) is 51.4 Å². The maximum atomic E-state index is 13.0. The number of likely N-dealkylation sites (tertiary alicyclic amines) is 1. The molecule has 0 bridgehead atoms. The summed E-state index contributed by atoms with van der Waals surface area (Å²) in [6.07, 6.45) is 4.91. The van der Waals surface area contributed by atoms with E-state index in [1.54, 1.807) is 11.8 Å². The summed E-state index contributed by atoms with van der Waals surface area (Å²) in [4.78, 5) is 29.0. The Morgan fingerprint density at radius 3 is 2.82 bits per heavy atom. The number of thioether (sulfide) groups is 1. The van der Waals surface area contributed by atoms with E-state index in [-0.39, 0.29) is 22.7 Å². The molecule has 0 aromatic rings. The molecule has 2 amide bonds. The Morgan fingerprint density at radius 1 is 1.32 bits per heavy atom. The molecule has 0 aliphatic carbocycles. The number of hydrogen-bond donors (Lipinski definition) is 0. The van der Waals surface area contributed by atoms with Crippen LogP contribution in [-0.2, 0) is 9.59 Å². The van der Waals surface area contributed by atoms with Crippen molar-refractivity contribution >= 4 is 23.6 Å². The number of hydrogen-bond acceptors (Lipinski definition) is 3. The molecule has 0 aromatic heterocycles. The van der Waals surface area contributed by atoms with Gasteiger partial charge in [-0.05, 0) is 44.4 Å². The smallest absolute Gasteiger partial charge is 0.246 e. The van der Waals surface area contributed by atoms with Crippen molar-refractivity contribution in [2.24, 2.45) is 11.8 Å². The lowest BCUT2D eigenvalue weighted by Crippen LogP contribution is -2.51. The van der Waals surface area contributed by atoms with Gasteiger partial charge in [0.15, 0.2) is 0 Å². The molecule has 22 heavy (non-hydrogen) atoms. The summed E-state index contributed by atoms with van der Waals surface area (Å²) in [5.74, 6) is 2.55. The van der Waals surface area contributed by atoms with Crippen LogP contribution in [0, 0.1) is 11.8 Å². The first kappa shape index (κ1) is 16.2. The lowest BCUT2D eigenvalue weighted by atomic mass is 9.89. The van der Waals surface area contributed by atoms with Gasteiger partial charge >= 0.3 is 0 Å². The molecule has 0 saturated carbocycles. The van der Waals surface area contributed by atoms with Gasteiger partial charge in [-0.1, -0.05) is 13.8 Å². The van der Waals surface area contributed by atoms with Crippen molar-refractivity contribution in [3.8, 4) is 0 Å². The Hall–Kier alpha value is -0.710. The standard InChI is InChI=1S/C17H28N2O2S/c1-12(2)13-5-4-9-18(10-7-13)16(21)14-11-22-17(3)8-6-15(20)19(14)17/h12-14H,4-11H2,1-3H3/t13-,14-,17-/m1/s1. The van der Waals surface area contributed by atoms with Gasteiger partial charge in [0.2, 0.25) is 11.8 Å². The van der Waals surface area contributed by atoms with Crippen LogP contribution < -0.4 is 0 Å². The Balaban J connectivity index is 1.68. The van der Waals surface area contributed by atoms with Crippen LogP contribution in [0.25, 0.3) is 0 Å². The highest BCUT2D eigenvalue weighted by molar-refractivity contribution is 8.01. The number of fused-ring (bicyclic) bond motifs is 1. The van der Waals surface area contributed by atoms with E-state index < -0.39 is 0 Å². The van der Waals surface area contributed by atoms with Crippen molar-refractivity contribution in [3.05, 3.63) is 0 Å². The molecule has 0 unspecified atom stereocenters. The first-order valence-electron chi connectivity index (χ1n) is 8.67. The van der Waals surface area contributed by atoms with Crippen LogP contribution in [0.5, 0.6) is 0 Å². The largest absolute Gasteiger partial charge is 0.341 e. The zero-order chi connectivity index (χ0) is 15.9. The van der Waals surface area contributed by atoms with Gasteiger partial charge in [-0.15, -0.1) is 11.8 Å². The number of carbonyl (C=O) groups is 2. The summed E-state index contributed by atoms with van der Waals surface area (Å²) in [6.45, 7) is 8.41. The molecule has 4 nitrogen and oxygen atoms in total. The summed E-state index contributed by atoms with van der Waals surface area (Å²) in [5.41, 5.74) is 0. The monoisotopic (exact) mass is 324 g/mol. The highest BCUT2D eigenvalue weighted by Gasteiger charge is 2.53. The van der Waals surface area contributed by atoms with Gasteiger partial charge in [-0.25, -0.2) is 0 Å². The predicted molar refractivity (Wildman–Crippen MR) is 89.5 cm³/mol. The van der Waals surface area contributed by atoms with Gasteiger partial charge < -0.3 is 9.80 Å². The highest BCUT2D eigenvalue weighted by atomic mass is 32.2. The quantitative estimate of drug-likeness (QED) is 0.784. The molecule has 0 N–H and O–H groups in total. The zero-order valence-electron chi connectivity index (χ0n) is 14.0. The molecule has 0 radical (unpaired) electrons. The molecule has 3 fully saturated rings. The summed E-state index contributed by atoms with van der Waals surface area (Å²) in [6, 6.07) is -0.222. The Labute approximate surface area is 138 Å². The molecule has 3 atom stereocenters. The molecular weight excluding hydrogens is 296 g/mol. The highest BCUT2D eigenvalue weighted by Crippen LogP contribution is 2.47. The topological polar surface area (TPSA) is 40.6 Å². The first-order valence-corrected chi connectivity index (χ1v) is 9.66. The molecule has 3 aliphatic rings. The summed E-state index contributed by atoms with van der Waals surface area (Å²) < 4.78 is 0. The van der Waals surface area contributed by atoms with Crippen LogP contribution in [0.4, 0.5) is 0 Å². The minimum absolute atomic E-state index is 0.135. The van der Waals surface area contributed by atoms with Crippen molar-refractivity contribution in [1.29, 1.82) is 0 Å². The van der Waals surface area contributed by atoms with Crippen LogP contribution in [0.3, 0.4) is 0 Å². The van der Waals surface area contributed by atoms with Crippen LogP contribution in [0.2, 0.25) is 0 Å². The molecule has 124 valence electrons. The van der Waals surface area contributed by atoms with Gasteiger partial charge in [-0.3, -0.25) is 9.59 Å². The van der Waals surface area contributed by atoms with E-state index in [4.69, 9.17) is 0 Å². The van der Waals surface area contributed by atoms with Crippen LogP contribution in [0.1, 0.15) is 52.9 Å². The third-order valence-corrected chi connectivity index (χ3v) is 7.26. The minimum atomic E-state index is -0.222. The molecule has 3 rings (SSSR count). The number of nitrogens with zero attached hydrogens (tertiary/aromatic N) is 2. The molecule has 0 spiro atoms. The van der Waals surface area contributed by atoms with Crippen molar-refractivity contribution in [2.45, 2.75) is 63.8 Å². The average molecular weight is 324 g/mol. The van der Waals surface area contributed by atoms with Gasteiger partial charge in [0.05, 0.1) is 4.87 Å². The fourth-order valence-electron chi connectivity index (χ4n) is 4.22. The number of carbonyl (C=O) groups excluding carboxylic acids is 2. The lowest BCUT2D eigenvalue weighted by Gasteiger charge is -2.32. The third-order valence-electron chi connectivity index (χ3n) is 5.76. The van der Waals surface area contributed by atoms with E-state index in [1.165, 1.54) is 6.42 Å². The second kappa shape index (κ2) is 6.06. The second-order valence-electron chi connectivity index (χ2n) is 7.53. The van der Waals surface area contributed by atoms with Crippen molar-refractivity contribution < 1.29 is 9.59 Å². The normalized spacial score (nSPS) is 35.9. The van der Waals surface area contributed by atoms with Crippen molar-refractivity contribution in [3.63, 3.8) is 0 Å². The third kappa shape index (κ3) is 2.77. The van der Waals surface area contributed by atoms with Gasteiger partial charge in [0.1, 0.15) is 6.04 Å². The molecule has 3 aliphatic heterocycles. The average Bonchev–Trinajstić information content (AvgIpc) is 2.83. The first-order chi connectivity index (χ1) is 10.4. The van der Waals surface area contributed by atoms with E-state index in [2.05, 4.69) is 20.8 Å². The van der Waals surface area contributed by atoms with Gasteiger partial charge in [0, 0.05) is 25.3 Å². The molecule has 3 heterocycles. The Morgan fingerprint density at radius 2 is 2.09 bits per heavy atom. The second-order valence-corrected chi connectivity index (χ2v) is 9.03. The van der Waals surface area contributed by atoms with E-state index in [1.807, 2.05) is 9.80 Å². The number of rotatable bonds is 2. The molecule has 3 saturated heterocycles. The van der Waals surface area contributed by atoms with E-state index in [0.717, 1.165) is 44.0 Å². The SMILES string of the molecule is CC(C)[C@@H]1CCCN(C(=O)[C@H]2CS[C@]3(C)CCC(=O)N23)CC1. The van der Waals surface area contributed by atoms with Gasteiger partial charge in [0.25, 0.3) is 0 Å². The lowest BCUT2D eigenvalue weighted by molar-refractivity contribution is -0.143. The van der Waals surface area contributed by atoms with E-state index in [0.29, 0.717) is 12.3 Å². The van der Waals surface area contributed by atoms with E-state index >= 15 is 0 Å². The number of amides is 2. The molecule has 0 aromatic carbocycles. The summed E-state index contributed by atoms with van der Waals surface area (Å²) >= 11 is 1.79. The summed E-state index contributed by atoms with van der Waals surface area (Å²) in [5, 5.41) is 0. The van der Waals surface area contributed by atoms with Crippen molar-refractivity contribution in [1.82, 2.24) is 9.80 Å². The van der Waals surface area contributed by atoms with Crippen LogP contribution in [0.15, 0.2) is 0 Å². The molecule has 5 heteroatoms. The Bertz CT molecular complexity index is 468. The fourth-order valence-corrected chi connectivity index (χ4v) is 5.65. The van der Waals surface area contributed by atoms with E-state index in [9.17, 15) is 9.59 Å². The van der Waals surface area contributed by atoms with Crippen LogP contribution >= 0.6 is 11.8 Å². The maximum Gasteiger partial charge on any atom is 0.246 e. The predicted octanol–water partition coefficient (Wildman–Crippen LogP) is 2.73. The maximum absolute atomic E-state index is 13.0. The minimum Gasteiger partial charge on any atom is -0.341 e. The molecular formula is C17H28N2O2S. The zero-order valence-corrected chi connectivity index (χ0v) is 14.8. The fraction of sp³-hybridized carbons (Fsp3) is 0.882.